The van der Waals surface area contributed by atoms with E-state index < -0.39 is 17.0 Å². The molecule has 4 fully saturated rings. The monoisotopic (exact) mass is 182 g/mol. The first-order chi connectivity index (χ1) is 6.04. The molecule has 0 saturated heterocycles. The number of carbonyl (C=O) groups is 1. The van der Waals surface area contributed by atoms with E-state index in [-0.39, 0.29) is 5.92 Å². The van der Waals surface area contributed by atoms with Gasteiger partial charge in [0.1, 0.15) is 0 Å². The van der Waals surface area contributed by atoms with Crippen LogP contribution in [0.3, 0.4) is 0 Å². The van der Waals surface area contributed by atoms with Crippen LogP contribution in [0, 0.1) is 17.3 Å². The predicted molar refractivity (Wildman–Crippen MR) is 45.1 cm³/mol. The Morgan fingerprint density at radius 2 is 2.08 bits per heavy atom. The molecule has 2 N–H and O–H groups in total. The number of aliphatic carboxylic acids is 1. The Labute approximate surface area is 76.8 Å². The predicted octanol–water partition coefficient (Wildman–Crippen LogP) is 1.01. The van der Waals surface area contributed by atoms with Gasteiger partial charge in [0.2, 0.25) is 0 Å². The minimum atomic E-state index is -0.683. The number of carboxylic acids is 1. The molecule has 72 valence electrons. The number of aliphatic hydroxyl groups is 1. The van der Waals surface area contributed by atoms with Crippen LogP contribution in [0.25, 0.3) is 0 Å². The van der Waals surface area contributed by atoms with Crippen molar-refractivity contribution in [2.24, 2.45) is 17.3 Å². The summed E-state index contributed by atoms with van der Waals surface area (Å²) in [4.78, 5) is 11.1. The van der Waals surface area contributed by atoms with Crippen molar-refractivity contribution in [3.63, 3.8) is 0 Å². The van der Waals surface area contributed by atoms with E-state index >= 15 is 0 Å². The molecule has 4 aliphatic rings. The van der Waals surface area contributed by atoms with Gasteiger partial charge in [-0.05, 0) is 43.9 Å². The Hall–Kier alpha value is -0.570. The Kier molecular flexibility index (Phi) is 1.15. The molecule has 4 unspecified atom stereocenters. The van der Waals surface area contributed by atoms with Gasteiger partial charge < -0.3 is 10.2 Å². The van der Waals surface area contributed by atoms with Gasteiger partial charge in [-0.15, -0.1) is 0 Å². The molecule has 0 aromatic rings. The minimum Gasteiger partial charge on any atom is -0.481 e. The molecule has 0 amide bonds. The third-order valence-electron chi connectivity index (χ3n) is 4.43. The molecule has 0 radical (unpaired) electrons. The quantitative estimate of drug-likeness (QED) is 0.636. The van der Waals surface area contributed by atoms with E-state index in [1.54, 1.807) is 0 Å². The highest BCUT2D eigenvalue weighted by Crippen LogP contribution is 2.66. The molecule has 4 aliphatic carbocycles. The van der Waals surface area contributed by atoms with Crippen LogP contribution < -0.4 is 0 Å². The van der Waals surface area contributed by atoms with Gasteiger partial charge >= 0.3 is 5.97 Å². The molecular weight excluding hydrogens is 168 g/mol. The lowest BCUT2D eigenvalue weighted by atomic mass is 9.69. The molecule has 0 spiro atoms. The molecule has 3 heteroatoms. The highest BCUT2D eigenvalue weighted by molar-refractivity contribution is 5.76. The van der Waals surface area contributed by atoms with Crippen molar-refractivity contribution in [2.75, 3.05) is 0 Å². The van der Waals surface area contributed by atoms with E-state index in [9.17, 15) is 9.90 Å². The molecule has 0 heterocycles. The second-order valence-corrected chi connectivity index (χ2v) is 5.28. The number of carboxylic acid groups (broad SMARTS) is 1. The second-order valence-electron chi connectivity index (χ2n) is 5.28. The van der Waals surface area contributed by atoms with Crippen molar-refractivity contribution in [1.82, 2.24) is 0 Å². The molecule has 13 heavy (non-hydrogen) atoms. The van der Waals surface area contributed by atoms with Crippen LogP contribution in [0.2, 0.25) is 0 Å². The van der Waals surface area contributed by atoms with E-state index in [2.05, 4.69) is 0 Å². The minimum absolute atomic E-state index is 0.280. The third kappa shape index (κ3) is 0.766. The summed E-state index contributed by atoms with van der Waals surface area (Å²) in [7, 11) is 0. The van der Waals surface area contributed by atoms with Crippen molar-refractivity contribution in [1.29, 1.82) is 0 Å². The first-order valence-electron chi connectivity index (χ1n) is 5.00. The maximum Gasteiger partial charge on any atom is 0.309 e. The van der Waals surface area contributed by atoms with Crippen LogP contribution in [-0.4, -0.2) is 21.8 Å². The van der Waals surface area contributed by atoms with Crippen molar-refractivity contribution in [3.8, 4) is 0 Å². The average Bonchev–Trinajstić information content (AvgIpc) is 2.32. The largest absolute Gasteiger partial charge is 0.481 e. The summed E-state index contributed by atoms with van der Waals surface area (Å²) in [6.45, 7) is 0. The third-order valence-corrected chi connectivity index (χ3v) is 4.43. The van der Waals surface area contributed by atoms with Crippen molar-refractivity contribution in [3.05, 3.63) is 0 Å². The van der Waals surface area contributed by atoms with E-state index in [0.29, 0.717) is 12.3 Å². The lowest BCUT2D eigenvalue weighted by molar-refractivity contribution is -0.153. The maximum atomic E-state index is 11.1. The van der Waals surface area contributed by atoms with Gasteiger partial charge in [-0.3, -0.25) is 4.79 Å². The van der Waals surface area contributed by atoms with Crippen LogP contribution in [0.1, 0.15) is 32.1 Å². The van der Waals surface area contributed by atoms with Crippen molar-refractivity contribution >= 4 is 5.97 Å². The summed E-state index contributed by atoms with van der Waals surface area (Å²) in [5, 5.41) is 19.3. The Balaban J connectivity index is 2.03. The summed E-state index contributed by atoms with van der Waals surface area (Å²) in [5.74, 6) is 0.0776. The van der Waals surface area contributed by atoms with E-state index in [1.165, 1.54) is 0 Å². The summed E-state index contributed by atoms with van der Waals surface area (Å²) in [6, 6.07) is 0. The summed E-state index contributed by atoms with van der Waals surface area (Å²) in [5.41, 5.74) is -1.16. The molecular formula is C10H14O3. The van der Waals surface area contributed by atoms with Crippen LogP contribution in [0.5, 0.6) is 0 Å². The van der Waals surface area contributed by atoms with Gasteiger partial charge in [0, 0.05) is 0 Å². The standard InChI is InChI=1S/C10H14O3/c11-8(12)9-2-6-1-7(4-9)10(13,3-6)5-9/h6-7,13H,1-5H2,(H,11,12). The van der Waals surface area contributed by atoms with Crippen LogP contribution in [0.4, 0.5) is 0 Å². The van der Waals surface area contributed by atoms with Crippen molar-refractivity contribution in [2.45, 2.75) is 37.7 Å². The Morgan fingerprint density at radius 1 is 1.31 bits per heavy atom. The first kappa shape index (κ1) is 7.80. The molecule has 0 aliphatic heterocycles. The zero-order valence-electron chi connectivity index (χ0n) is 7.49. The molecule has 3 nitrogen and oxygen atoms in total. The SMILES string of the molecule is O=C(O)C12CC3CC(C1)C(O)(C3)C2. The number of hydrogen-bond donors (Lipinski definition) is 2. The van der Waals surface area contributed by atoms with Gasteiger partial charge in [-0.2, -0.15) is 0 Å². The molecule has 0 aromatic carbocycles. The van der Waals surface area contributed by atoms with E-state index in [4.69, 9.17) is 5.11 Å². The van der Waals surface area contributed by atoms with Gasteiger partial charge in [0.15, 0.2) is 0 Å². The summed E-state index contributed by atoms with van der Waals surface area (Å²) in [6.07, 6.45) is 3.95. The highest BCUT2D eigenvalue weighted by atomic mass is 16.4. The zero-order chi connectivity index (χ0) is 9.27. The summed E-state index contributed by atoms with van der Waals surface area (Å²) < 4.78 is 0. The zero-order valence-corrected chi connectivity index (χ0v) is 7.49. The normalized spacial score (nSPS) is 57.3. The van der Waals surface area contributed by atoms with Gasteiger partial charge in [-0.25, -0.2) is 0 Å². The Bertz CT molecular complexity index is 288. The number of rotatable bonds is 1. The smallest absolute Gasteiger partial charge is 0.309 e. The molecule has 4 saturated carbocycles. The molecule has 4 atom stereocenters. The lowest BCUT2D eigenvalue weighted by Gasteiger charge is -2.35. The van der Waals surface area contributed by atoms with E-state index in [1.807, 2.05) is 0 Å². The van der Waals surface area contributed by atoms with Crippen LogP contribution in [-0.2, 0) is 4.79 Å². The number of hydrogen-bond acceptors (Lipinski definition) is 2. The first-order valence-corrected chi connectivity index (χ1v) is 5.00. The fourth-order valence-corrected chi connectivity index (χ4v) is 4.11. The fourth-order valence-electron chi connectivity index (χ4n) is 4.11. The molecule has 4 bridgehead atoms. The van der Waals surface area contributed by atoms with Crippen LogP contribution >= 0.6 is 0 Å². The van der Waals surface area contributed by atoms with Gasteiger partial charge in [-0.1, -0.05) is 0 Å². The van der Waals surface area contributed by atoms with Gasteiger partial charge in [0.05, 0.1) is 11.0 Å². The molecule has 0 aromatic heterocycles. The second kappa shape index (κ2) is 1.92. The van der Waals surface area contributed by atoms with Gasteiger partial charge in [0.25, 0.3) is 0 Å². The van der Waals surface area contributed by atoms with Crippen molar-refractivity contribution < 1.29 is 15.0 Å². The van der Waals surface area contributed by atoms with Crippen LogP contribution in [0.15, 0.2) is 0 Å². The fraction of sp³-hybridized carbons (Fsp3) is 0.900. The topological polar surface area (TPSA) is 57.5 Å². The Morgan fingerprint density at radius 3 is 2.62 bits per heavy atom. The maximum absolute atomic E-state index is 11.1. The van der Waals surface area contributed by atoms with E-state index in [0.717, 1.165) is 25.7 Å². The lowest BCUT2D eigenvalue weighted by Crippen LogP contribution is -2.38. The highest BCUT2D eigenvalue weighted by Gasteiger charge is 2.66. The molecule has 4 rings (SSSR count). The summed E-state index contributed by atoms with van der Waals surface area (Å²) >= 11 is 0. The average molecular weight is 182 g/mol.